The summed E-state index contributed by atoms with van der Waals surface area (Å²) < 4.78 is 16.2. The number of aryl methyl sites for hydroxylation is 1. The van der Waals surface area contributed by atoms with Gasteiger partial charge in [0.1, 0.15) is 5.69 Å². The van der Waals surface area contributed by atoms with Gasteiger partial charge in [-0.3, -0.25) is 9.59 Å². The highest BCUT2D eigenvalue weighted by molar-refractivity contribution is 7.09. The van der Waals surface area contributed by atoms with Crippen molar-refractivity contribution in [1.29, 1.82) is 0 Å². The van der Waals surface area contributed by atoms with Crippen molar-refractivity contribution in [2.24, 2.45) is 0 Å². The lowest BCUT2D eigenvalue weighted by atomic mass is 9.97. The van der Waals surface area contributed by atoms with Gasteiger partial charge in [-0.25, -0.2) is 4.98 Å². The van der Waals surface area contributed by atoms with Gasteiger partial charge in [-0.2, -0.15) is 0 Å². The van der Waals surface area contributed by atoms with Gasteiger partial charge in [-0.15, -0.1) is 11.3 Å². The van der Waals surface area contributed by atoms with E-state index >= 15 is 0 Å². The van der Waals surface area contributed by atoms with E-state index in [0.29, 0.717) is 48.1 Å². The highest BCUT2D eigenvalue weighted by atomic mass is 32.1. The molecule has 36 heavy (non-hydrogen) atoms. The van der Waals surface area contributed by atoms with E-state index < -0.39 is 0 Å². The van der Waals surface area contributed by atoms with E-state index in [1.807, 2.05) is 35.4 Å². The number of hydrogen-bond donors (Lipinski definition) is 1. The third-order valence-electron chi connectivity index (χ3n) is 6.36. The van der Waals surface area contributed by atoms with Gasteiger partial charge in [-0.05, 0) is 37.5 Å². The Morgan fingerprint density at radius 3 is 2.47 bits per heavy atom. The fraction of sp³-hybridized carbons (Fsp3) is 0.370. The van der Waals surface area contributed by atoms with Crippen molar-refractivity contribution in [3.05, 3.63) is 69.2 Å². The Kier molecular flexibility index (Phi) is 8.10. The van der Waals surface area contributed by atoms with Crippen LogP contribution in [0.3, 0.4) is 0 Å². The molecule has 1 aliphatic heterocycles. The molecule has 1 aliphatic rings. The molecule has 0 atom stereocenters. The van der Waals surface area contributed by atoms with Gasteiger partial charge in [0.05, 0.1) is 31.9 Å². The van der Waals surface area contributed by atoms with Crippen LogP contribution in [0.1, 0.15) is 55.7 Å². The predicted octanol–water partition coefficient (Wildman–Crippen LogP) is 4.43. The van der Waals surface area contributed by atoms with E-state index in [2.05, 4.69) is 16.4 Å². The quantitative estimate of drug-likeness (QED) is 0.483. The number of benzene rings is 2. The number of nitrogens with zero attached hydrogens (tertiary/aromatic N) is 2. The molecule has 2 amide bonds. The minimum absolute atomic E-state index is 0.110. The van der Waals surface area contributed by atoms with E-state index in [1.165, 1.54) is 25.6 Å². The largest absolute Gasteiger partial charge is 0.493 e. The van der Waals surface area contributed by atoms with Crippen LogP contribution in [-0.4, -0.2) is 56.1 Å². The lowest BCUT2D eigenvalue weighted by Crippen LogP contribution is -2.38. The van der Waals surface area contributed by atoms with Gasteiger partial charge in [0.25, 0.3) is 11.8 Å². The summed E-state index contributed by atoms with van der Waals surface area (Å²) in [7, 11) is 4.57. The number of amides is 2. The molecular weight excluding hydrogens is 478 g/mol. The highest BCUT2D eigenvalue weighted by Gasteiger charge is 2.29. The molecule has 1 N–H and O–H groups in total. The Bertz CT molecular complexity index is 1230. The maximum absolute atomic E-state index is 13.3. The van der Waals surface area contributed by atoms with Gasteiger partial charge in [0.15, 0.2) is 11.5 Å². The molecule has 3 aromatic rings. The molecule has 2 aromatic carbocycles. The third-order valence-corrected chi connectivity index (χ3v) is 7.36. The van der Waals surface area contributed by atoms with Crippen LogP contribution in [0.5, 0.6) is 17.2 Å². The molecule has 0 aliphatic carbocycles. The molecule has 0 radical (unpaired) electrons. The van der Waals surface area contributed by atoms with Crippen LogP contribution in [0.2, 0.25) is 0 Å². The van der Waals surface area contributed by atoms with Crippen LogP contribution in [0.15, 0.2) is 41.8 Å². The normalized spacial score (nSPS) is 13.8. The Morgan fingerprint density at radius 2 is 1.81 bits per heavy atom. The predicted molar refractivity (Wildman–Crippen MR) is 138 cm³/mol. The molecule has 1 saturated heterocycles. The average molecular weight is 510 g/mol. The Labute approximate surface area is 215 Å². The number of piperidine rings is 1. The molecule has 0 bridgehead atoms. The summed E-state index contributed by atoms with van der Waals surface area (Å²) in [6.07, 6.45) is 1.55. The molecule has 2 heterocycles. The number of methoxy groups -OCH3 is 3. The van der Waals surface area contributed by atoms with Crippen molar-refractivity contribution in [1.82, 2.24) is 15.2 Å². The highest BCUT2D eigenvalue weighted by Crippen LogP contribution is 2.40. The number of carbonyl (C=O) groups excluding carboxylic acids is 2. The molecule has 0 unspecified atom stereocenters. The van der Waals surface area contributed by atoms with Crippen LogP contribution < -0.4 is 19.5 Å². The number of hydrogen-bond acceptors (Lipinski definition) is 7. The van der Waals surface area contributed by atoms with Crippen molar-refractivity contribution in [2.45, 2.75) is 32.2 Å². The zero-order chi connectivity index (χ0) is 25.7. The van der Waals surface area contributed by atoms with Crippen LogP contribution >= 0.6 is 11.3 Å². The molecule has 190 valence electrons. The summed E-state index contributed by atoms with van der Waals surface area (Å²) in [5.41, 5.74) is 3.10. The maximum atomic E-state index is 13.3. The maximum Gasteiger partial charge on any atom is 0.271 e. The summed E-state index contributed by atoms with van der Waals surface area (Å²) in [4.78, 5) is 32.3. The Morgan fingerprint density at radius 1 is 1.06 bits per heavy atom. The molecule has 1 aromatic heterocycles. The number of thiazole rings is 1. The SMILES string of the molecule is COc1ccc(C(=O)N2CCC(c3nc(C(=O)NCc4cccc(C)c4)cs3)CC2)c(OC)c1OC. The zero-order valence-corrected chi connectivity index (χ0v) is 21.8. The smallest absolute Gasteiger partial charge is 0.271 e. The summed E-state index contributed by atoms with van der Waals surface area (Å²) in [6, 6.07) is 11.5. The first-order valence-corrected chi connectivity index (χ1v) is 12.7. The second-order valence-corrected chi connectivity index (χ2v) is 9.58. The van der Waals surface area contributed by atoms with Crippen molar-refractivity contribution in [2.75, 3.05) is 34.4 Å². The van der Waals surface area contributed by atoms with E-state index in [9.17, 15) is 9.59 Å². The van der Waals surface area contributed by atoms with E-state index in [-0.39, 0.29) is 17.7 Å². The molecule has 4 rings (SSSR count). The molecule has 9 heteroatoms. The standard InChI is InChI=1S/C27H31N3O5S/c1-17-6-5-7-18(14-17)15-28-25(31)21-16-36-26(29-21)19-10-12-30(13-11-19)27(32)20-8-9-22(33-2)24(35-4)23(20)34-3/h5-9,14,16,19H,10-13,15H2,1-4H3,(H,28,31). The Balaban J connectivity index is 1.36. The average Bonchev–Trinajstić information content (AvgIpc) is 3.41. The number of aromatic nitrogens is 1. The number of ether oxygens (including phenoxy) is 3. The molecule has 0 saturated carbocycles. The van der Waals surface area contributed by atoms with Crippen LogP contribution in [-0.2, 0) is 6.54 Å². The van der Waals surface area contributed by atoms with E-state index in [4.69, 9.17) is 14.2 Å². The van der Waals surface area contributed by atoms with Crippen molar-refractivity contribution < 1.29 is 23.8 Å². The third kappa shape index (κ3) is 5.46. The fourth-order valence-electron chi connectivity index (χ4n) is 4.44. The van der Waals surface area contributed by atoms with Crippen molar-refractivity contribution >= 4 is 23.2 Å². The van der Waals surface area contributed by atoms with Crippen LogP contribution in [0, 0.1) is 6.92 Å². The van der Waals surface area contributed by atoms with E-state index in [1.54, 1.807) is 19.2 Å². The van der Waals surface area contributed by atoms with Crippen molar-refractivity contribution in [3.8, 4) is 17.2 Å². The van der Waals surface area contributed by atoms with Gasteiger partial charge in [0.2, 0.25) is 5.75 Å². The second kappa shape index (κ2) is 11.4. The number of nitrogens with one attached hydrogen (secondary N) is 1. The molecular formula is C27H31N3O5S. The number of rotatable bonds is 8. The molecule has 8 nitrogen and oxygen atoms in total. The first-order chi connectivity index (χ1) is 17.4. The Hall–Kier alpha value is -3.59. The monoisotopic (exact) mass is 509 g/mol. The summed E-state index contributed by atoms with van der Waals surface area (Å²) in [5, 5.41) is 5.70. The van der Waals surface area contributed by atoms with Crippen LogP contribution in [0.25, 0.3) is 0 Å². The number of carbonyl (C=O) groups is 2. The number of likely N-dealkylation sites (tertiary alicyclic amines) is 1. The molecule has 1 fully saturated rings. The van der Waals surface area contributed by atoms with Crippen LogP contribution in [0.4, 0.5) is 0 Å². The summed E-state index contributed by atoms with van der Waals surface area (Å²) in [5.74, 6) is 1.20. The van der Waals surface area contributed by atoms with Gasteiger partial charge in [0, 0.05) is 30.9 Å². The first-order valence-electron chi connectivity index (χ1n) is 11.8. The van der Waals surface area contributed by atoms with Gasteiger partial charge >= 0.3 is 0 Å². The first kappa shape index (κ1) is 25.5. The second-order valence-electron chi connectivity index (χ2n) is 8.69. The minimum Gasteiger partial charge on any atom is -0.493 e. The summed E-state index contributed by atoms with van der Waals surface area (Å²) in [6.45, 7) is 3.68. The van der Waals surface area contributed by atoms with Crippen molar-refractivity contribution in [3.63, 3.8) is 0 Å². The summed E-state index contributed by atoms with van der Waals surface area (Å²) >= 11 is 1.50. The van der Waals surface area contributed by atoms with Gasteiger partial charge < -0.3 is 24.4 Å². The lowest BCUT2D eigenvalue weighted by molar-refractivity contribution is 0.0708. The topological polar surface area (TPSA) is 90.0 Å². The fourth-order valence-corrected chi connectivity index (χ4v) is 5.42. The molecule has 0 spiro atoms. The van der Waals surface area contributed by atoms with Gasteiger partial charge in [-0.1, -0.05) is 29.8 Å². The minimum atomic E-state index is -0.174. The lowest BCUT2D eigenvalue weighted by Gasteiger charge is -2.31. The zero-order valence-electron chi connectivity index (χ0n) is 21.0. The van der Waals surface area contributed by atoms with E-state index in [0.717, 1.165) is 29.0 Å².